The number of nitrogens with zero attached hydrogens (tertiary/aromatic N) is 1. The molecule has 1 nitrogen and oxygen atoms in total. The van der Waals surface area contributed by atoms with Gasteiger partial charge in [0, 0.05) is 10.7 Å². The van der Waals surface area contributed by atoms with Gasteiger partial charge in [0.05, 0.1) is 6.07 Å². The average molecular weight is 242 g/mol. The summed E-state index contributed by atoms with van der Waals surface area (Å²) >= 11 is 3.78. The van der Waals surface area contributed by atoms with Crippen molar-refractivity contribution in [3.63, 3.8) is 0 Å². The zero-order chi connectivity index (χ0) is 9.26. The Kier molecular flexibility index (Phi) is 2.93. The Hall–Kier alpha value is -0.0300. The van der Waals surface area contributed by atoms with Crippen LogP contribution in [0.25, 0.3) is 0 Å². The molecule has 2 aliphatic carbocycles. The highest BCUT2D eigenvalue weighted by atomic mass is 79.9. The second kappa shape index (κ2) is 4.00. The summed E-state index contributed by atoms with van der Waals surface area (Å²) in [6.45, 7) is 0. The van der Waals surface area contributed by atoms with Crippen molar-refractivity contribution in [1.29, 1.82) is 5.26 Å². The lowest BCUT2D eigenvalue weighted by atomic mass is 9.66. The maximum Gasteiger partial charge on any atom is 0.0658 e. The summed E-state index contributed by atoms with van der Waals surface area (Å²) in [6.07, 6.45) is 7.69. The highest BCUT2D eigenvalue weighted by Crippen LogP contribution is 2.46. The molecule has 4 atom stereocenters. The van der Waals surface area contributed by atoms with Gasteiger partial charge < -0.3 is 0 Å². The third kappa shape index (κ3) is 1.76. The summed E-state index contributed by atoms with van der Waals surface area (Å²) in [4.78, 5) is 0.697. The van der Waals surface area contributed by atoms with Crippen molar-refractivity contribution in [3.8, 4) is 6.07 Å². The molecule has 72 valence electrons. The van der Waals surface area contributed by atoms with Crippen LogP contribution in [0.15, 0.2) is 0 Å². The van der Waals surface area contributed by atoms with Gasteiger partial charge in [0.15, 0.2) is 0 Å². The predicted octanol–water partition coefficient (Wildman–Crippen LogP) is 3.49. The molecule has 0 aromatic rings. The minimum atomic E-state index is 0.360. The van der Waals surface area contributed by atoms with E-state index >= 15 is 0 Å². The summed E-state index contributed by atoms with van der Waals surface area (Å²) in [6, 6.07) is 2.50. The Morgan fingerprint density at radius 2 is 1.69 bits per heavy atom. The van der Waals surface area contributed by atoms with Gasteiger partial charge in [-0.1, -0.05) is 28.8 Å². The van der Waals surface area contributed by atoms with Crippen molar-refractivity contribution in [1.82, 2.24) is 0 Å². The molecule has 0 spiro atoms. The fourth-order valence-electron chi connectivity index (χ4n) is 3.06. The molecule has 2 heteroatoms. The SMILES string of the molecule is N#CC1CCC(Br)C2CCCCC12. The van der Waals surface area contributed by atoms with Gasteiger partial charge in [-0.05, 0) is 37.5 Å². The quantitative estimate of drug-likeness (QED) is 0.596. The molecule has 2 aliphatic rings. The largest absolute Gasteiger partial charge is 0.198 e. The van der Waals surface area contributed by atoms with E-state index in [2.05, 4.69) is 22.0 Å². The van der Waals surface area contributed by atoms with E-state index in [9.17, 15) is 0 Å². The van der Waals surface area contributed by atoms with Crippen LogP contribution in [0, 0.1) is 29.1 Å². The van der Waals surface area contributed by atoms with Crippen molar-refractivity contribution in [3.05, 3.63) is 0 Å². The van der Waals surface area contributed by atoms with E-state index in [1.165, 1.54) is 32.1 Å². The van der Waals surface area contributed by atoms with E-state index in [0.717, 1.165) is 12.3 Å². The topological polar surface area (TPSA) is 23.8 Å². The molecule has 2 saturated carbocycles. The molecule has 0 aliphatic heterocycles. The normalized spacial score (nSPS) is 44.9. The van der Waals surface area contributed by atoms with Gasteiger partial charge in [0.1, 0.15) is 0 Å². The number of fused-ring (bicyclic) bond motifs is 1. The lowest BCUT2D eigenvalue weighted by Crippen LogP contribution is -2.36. The third-order valence-electron chi connectivity index (χ3n) is 3.78. The number of hydrogen-bond donors (Lipinski definition) is 0. The molecule has 13 heavy (non-hydrogen) atoms. The molecule has 2 rings (SSSR count). The Labute approximate surface area is 88.6 Å². The van der Waals surface area contributed by atoms with Crippen molar-refractivity contribution >= 4 is 15.9 Å². The fraction of sp³-hybridized carbons (Fsp3) is 0.909. The minimum Gasteiger partial charge on any atom is -0.198 e. The lowest BCUT2D eigenvalue weighted by molar-refractivity contribution is 0.142. The van der Waals surface area contributed by atoms with Crippen LogP contribution >= 0.6 is 15.9 Å². The number of halogens is 1. The van der Waals surface area contributed by atoms with E-state index in [0.29, 0.717) is 16.7 Å². The average Bonchev–Trinajstić information content (AvgIpc) is 2.19. The first-order chi connectivity index (χ1) is 6.33. The first-order valence-electron chi connectivity index (χ1n) is 5.36. The molecule has 2 fully saturated rings. The zero-order valence-electron chi connectivity index (χ0n) is 7.88. The minimum absolute atomic E-state index is 0.360. The van der Waals surface area contributed by atoms with Gasteiger partial charge in [-0.2, -0.15) is 5.26 Å². The molecule has 0 amide bonds. The van der Waals surface area contributed by atoms with Gasteiger partial charge in [0.25, 0.3) is 0 Å². The number of nitriles is 1. The molecule has 0 aromatic heterocycles. The van der Waals surface area contributed by atoms with Crippen molar-refractivity contribution in [2.24, 2.45) is 17.8 Å². The summed E-state index contributed by atoms with van der Waals surface area (Å²) < 4.78 is 0. The molecular formula is C11H16BrN. The van der Waals surface area contributed by atoms with Gasteiger partial charge in [-0.3, -0.25) is 0 Å². The van der Waals surface area contributed by atoms with E-state index in [-0.39, 0.29) is 0 Å². The van der Waals surface area contributed by atoms with Gasteiger partial charge in [0.2, 0.25) is 0 Å². The Morgan fingerprint density at radius 1 is 1.00 bits per heavy atom. The maximum atomic E-state index is 9.05. The van der Waals surface area contributed by atoms with Gasteiger partial charge in [-0.25, -0.2) is 0 Å². The van der Waals surface area contributed by atoms with Crippen LogP contribution in [0.5, 0.6) is 0 Å². The van der Waals surface area contributed by atoms with Gasteiger partial charge in [-0.15, -0.1) is 0 Å². The molecule has 0 radical (unpaired) electrons. The van der Waals surface area contributed by atoms with Crippen molar-refractivity contribution < 1.29 is 0 Å². The van der Waals surface area contributed by atoms with Crippen molar-refractivity contribution in [2.45, 2.75) is 43.4 Å². The van der Waals surface area contributed by atoms with Gasteiger partial charge >= 0.3 is 0 Å². The summed E-state index contributed by atoms with van der Waals surface area (Å²) in [5, 5.41) is 9.05. The number of hydrogen-bond acceptors (Lipinski definition) is 1. The first kappa shape index (κ1) is 9.52. The van der Waals surface area contributed by atoms with Crippen LogP contribution < -0.4 is 0 Å². The smallest absolute Gasteiger partial charge is 0.0658 e. The van der Waals surface area contributed by atoms with Crippen LogP contribution in [0.3, 0.4) is 0 Å². The Bertz CT molecular complexity index is 221. The zero-order valence-corrected chi connectivity index (χ0v) is 9.46. The van der Waals surface area contributed by atoms with E-state index in [1.54, 1.807) is 0 Å². The standard InChI is InChI=1S/C11H16BrN/c12-11-6-5-8(7-13)9-3-1-2-4-10(9)11/h8-11H,1-6H2. The van der Waals surface area contributed by atoms with E-state index in [1.807, 2.05) is 0 Å². The van der Waals surface area contributed by atoms with Crippen LogP contribution in [0.1, 0.15) is 38.5 Å². The highest BCUT2D eigenvalue weighted by Gasteiger charge is 2.39. The third-order valence-corrected chi connectivity index (χ3v) is 4.91. The summed E-state index contributed by atoms with van der Waals surface area (Å²) in [5.41, 5.74) is 0. The Balaban J connectivity index is 2.10. The lowest BCUT2D eigenvalue weighted by Gasteiger charge is -2.41. The summed E-state index contributed by atoms with van der Waals surface area (Å²) in [7, 11) is 0. The molecule has 4 unspecified atom stereocenters. The second-order valence-corrected chi connectivity index (χ2v) is 5.62. The maximum absolute atomic E-state index is 9.05. The number of rotatable bonds is 0. The second-order valence-electron chi connectivity index (χ2n) is 4.44. The Morgan fingerprint density at radius 3 is 2.38 bits per heavy atom. The van der Waals surface area contributed by atoms with E-state index < -0.39 is 0 Å². The van der Waals surface area contributed by atoms with Crippen LogP contribution in [0.2, 0.25) is 0 Å². The van der Waals surface area contributed by atoms with Crippen LogP contribution in [-0.4, -0.2) is 4.83 Å². The molecule has 0 saturated heterocycles. The first-order valence-corrected chi connectivity index (χ1v) is 6.28. The molecule has 0 heterocycles. The molecule has 0 N–H and O–H groups in total. The highest BCUT2D eigenvalue weighted by molar-refractivity contribution is 9.09. The predicted molar refractivity (Wildman–Crippen MR) is 56.5 cm³/mol. The fourth-order valence-corrected chi connectivity index (χ4v) is 3.98. The van der Waals surface area contributed by atoms with Crippen molar-refractivity contribution in [2.75, 3.05) is 0 Å². The summed E-state index contributed by atoms with van der Waals surface area (Å²) in [5.74, 6) is 1.86. The van der Waals surface area contributed by atoms with E-state index in [4.69, 9.17) is 5.26 Å². The monoisotopic (exact) mass is 241 g/mol. The van der Waals surface area contributed by atoms with Crippen LogP contribution in [-0.2, 0) is 0 Å². The number of alkyl halides is 1. The molecular weight excluding hydrogens is 226 g/mol. The molecule has 0 aromatic carbocycles. The van der Waals surface area contributed by atoms with Crippen LogP contribution in [0.4, 0.5) is 0 Å². The molecule has 0 bridgehead atoms.